The van der Waals surface area contributed by atoms with Crippen molar-refractivity contribution in [2.24, 2.45) is 0 Å². The fourth-order valence-electron chi connectivity index (χ4n) is 0.992. The van der Waals surface area contributed by atoms with Crippen LogP contribution >= 0.6 is 0 Å². The number of carbonyl (C=O) groups is 2. The molecule has 1 aromatic rings. The monoisotopic (exact) mass is 223 g/mol. The van der Waals surface area contributed by atoms with Crippen molar-refractivity contribution in [2.45, 2.75) is 0 Å². The van der Waals surface area contributed by atoms with Crippen LogP contribution in [0.25, 0.3) is 5.70 Å². The van der Waals surface area contributed by atoms with E-state index in [0.29, 0.717) is 0 Å². The van der Waals surface area contributed by atoms with Crippen LogP contribution in [-0.4, -0.2) is 31.8 Å². The van der Waals surface area contributed by atoms with E-state index < -0.39 is 17.7 Å². The van der Waals surface area contributed by atoms with Gasteiger partial charge in [0.2, 0.25) is 5.76 Å². The molecule has 0 aliphatic heterocycles. The van der Waals surface area contributed by atoms with E-state index in [1.807, 2.05) is 0 Å². The second-order valence-electron chi connectivity index (χ2n) is 2.80. The third-order valence-corrected chi connectivity index (χ3v) is 1.72. The fourth-order valence-corrected chi connectivity index (χ4v) is 0.992. The van der Waals surface area contributed by atoms with Gasteiger partial charge in [0, 0.05) is 12.4 Å². The van der Waals surface area contributed by atoms with Gasteiger partial charge >= 0.3 is 11.9 Å². The maximum atomic E-state index is 10.8. The molecular formula is C10H9NO5. The molecule has 0 unspecified atom stereocenters. The number of rotatable bonds is 4. The highest BCUT2D eigenvalue weighted by atomic mass is 16.4. The predicted molar refractivity (Wildman–Crippen MR) is 54.7 cm³/mol. The predicted octanol–water partition coefficient (Wildman–Crippen LogP) is 0.940. The van der Waals surface area contributed by atoms with Crippen LogP contribution in [-0.2, 0) is 9.59 Å². The maximum Gasteiger partial charge on any atom is 0.370 e. The fraction of sp³-hybridized carbons (Fsp3) is 0. The first kappa shape index (κ1) is 11.6. The topological polar surface area (TPSA) is 99.8 Å². The van der Waals surface area contributed by atoms with Gasteiger partial charge in [-0.25, -0.2) is 9.59 Å². The van der Waals surface area contributed by atoms with Gasteiger partial charge in [0.15, 0.2) is 0 Å². The molecular weight excluding hydrogens is 214 g/mol. The normalized spacial score (nSPS) is 12.5. The van der Waals surface area contributed by atoms with Crippen LogP contribution in [0.1, 0.15) is 0 Å². The number of aromatic nitrogens is 1. The Balaban J connectivity index is 3.05. The van der Waals surface area contributed by atoms with Gasteiger partial charge in [-0.05, 0) is 24.3 Å². The van der Waals surface area contributed by atoms with E-state index in [9.17, 15) is 9.59 Å². The van der Waals surface area contributed by atoms with Crippen molar-refractivity contribution < 1.29 is 24.9 Å². The van der Waals surface area contributed by atoms with E-state index in [2.05, 4.69) is 0 Å². The number of carboxylic acid groups (broad SMARTS) is 2. The average molecular weight is 223 g/mol. The summed E-state index contributed by atoms with van der Waals surface area (Å²) >= 11 is 0. The molecule has 6 heteroatoms. The summed E-state index contributed by atoms with van der Waals surface area (Å²) in [6, 6.07) is 3.25. The van der Waals surface area contributed by atoms with Gasteiger partial charge < -0.3 is 19.9 Å². The SMILES string of the molecule is O=C(O)C(O)=CC=C(C(=O)O)n1cccc1. The molecule has 84 valence electrons. The highest BCUT2D eigenvalue weighted by molar-refractivity contribution is 6.09. The van der Waals surface area contributed by atoms with E-state index in [1.165, 1.54) is 17.0 Å². The molecule has 1 aromatic heterocycles. The Morgan fingerprint density at radius 2 is 1.50 bits per heavy atom. The lowest BCUT2D eigenvalue weighted by atomic mass is 10.3. The molecule has 3 N–H and O–H groups in total. The zero-order chi connectivity index (χ0) is 12.1. The summed E-state index contributed by atoms with van der Waals surface area (Å²) in [4.78, 5) is 21.1. The summed E-state index contributed by atoms with van der Waals surface area (Å²) in [5, 5.41) is 26.1. The second kappa shape index (κ2) is 4.83. The molecule has 0 aromatic carbocycles. The first-order valence-corrected chi connectivity index (χ1v) is 4.23. The lowest BCUT2D eigenvalue weighted by molar-refractivity contribution is -0.135. The van der Waals surface area contributed by atoms with E-state index in [-0.39, 0.29) is 5.70 Å². The molecule has 0 amide bonds. The highest BCUT2D eigenvalue weighted by Gasteiger charge is 2.08. The van der Waals surface area contributed by atoms with E-state index in [4.69, 9.17) is 15.3 Å². The summed E-state index contributed by atoms with van der Waals surface area (Å²) in [5.74, 6) is -3.68. The summed E-state index contributed by atoms with van der Waals surface area (Å²) < 4.78 is 1.29. The zero-order valence-electron chi connectivity index (χ0n) is 8.07. The van der Waals surface area contributed by atoms with E-state index in [0.717, 1.165) is 12.2 Å². The Kier molecular flexibility index (Phi) is 3.49. The minimum absolute atomic E-state index is 0.169. The molecule has 1 rings (SSSR count). The van der Waals surface area contributed by atoms with Crippen LogP contribution in [0.4, 0.5) is 0 Å². The molecule has 0 atom stereocenters. The van der Waals surface area contributed by atoms with Crippen molar-refractivity contribution in [3.05, 3.63) is 42.4 Å². The van der Waals surface area contributed by atoms with Gasteiger partial charge in [-0.2, -0.15) is 0 Å². The molecule has 0 aliphatic carbocycles. The summed E-state index contributed by atoms with van der Waals surface area (Å²) in [5.41, 5.74) is -0.169. The third kappa shape index (κ3) is 2.74. The maximum absolute atomic E-state index is 10.8. The van der Waals surface area contributed by atoms with Gasteiger partial charge in [0.05, 0.1) is 0 Å². The smallest absolute Gasteiger partial charge is 0.370 e. The summed E-state index contributed by atoms with van der Waals surface area (Å²) in [6.45, 7) is 0. The van der Waals surface area contributed by atoms with Crippen molar-refractivity contribution in [2.75, 3.05) is 0 Å². The third-order valence-electron chi connectivity index (χ3n) is 1.72. The van der Waals surface area contributed by atoms with Crippen molar-refractivity contribution in [1.29, 1.82) is 0 Å². The van der Waals surface area contributed by atoms with Gasteiger partial charge in [0.1, 0.15) is 5.70 Å². The van der Waals surface area contributed by atoms with Crippen LogP contribution in [0.3, 0.4) is 0 Å². The van der Waals surface area contributed by atoms with Gasteiger partial charge in [-0.1, -0.05) is 0 Å². The van der Waals surface area contributed by atoms with Crippen molar-refractivity contribution in [3.8, 4) is 0 Å². The van der Waals surface area contributed by atoms with Crippen LogP contribution in [0, 0.1) is 0 Å². The van der Waals surface area contributed by atoms with E-state index >= 15 is 0 Å². The number of hydrogen-bond acceptors (Lipinski definition) is 3. The molecule has 16 heavy (non-hydrogen) atoms. The Hall–Kier alpha value is -2.50. The average Bonchev–Trinajstić information content (AvgIpc) is 2.70. The largest absolute Gasteiger partial charge is 0.502 e. The Morgan fingerprint density at radius 1 is 0.938 bits per heavy atom. The molecule has 1 heterocycles. The first-order valence-electron chi connectivity index (χ1n) is 4.23. The zero-order valence-corrected chi connectivity index (χ0v) is 8.07. The molecule has 0 saturated heterocycles. The molecule has 0 fully saturated rings. The highest BCUT2D eigenvalue weighted by Crippen LogP contribution is 2.06. The lowest BCUT2D eigenvalue weighted by Crippen LogP contribution is -2.06. The number of aliphatic carboxylic acids is 2. The lowest BCUT2D eigenvalue weighted by Gasteiger charge is -2.01. The molecule has 0 radical (unpaired) electrons. The Morgan fingerprint density at radius 3 is 1.94 bits per heavy atom. The van der Waals surface area contributed by atoms with Gasteiger partial charge in [-0.3, -0.25) is 0 Å². The standard InChI is InChI=1S/C10H9NO5/c12-8(10(15)16)4-3-7(9(13)14)11-5-1-2-6-11/h1-6,12H,(H,13,14)(H,15,16). The van der Waals surface area contributed by atoms with E-state index in [1.54, 1.807) is 12.1 Å². The van der Waals surface area contributed by atoms with Gasteiger partial charge in [-0.15, -0.1) is 0 Å². The van der Waals surface area contributed by atoms with Crippen molar-refractivity contribution in [1.82, 2.24) is 4.57 Å². The van der Waals surface area contributed by atoms with Gasteiger partial charge in [0.25, 0.3) is 0 Å². The Bertz CT molecular complexity index is 456. The van der Waals surface area contributed by atoms with Crippen molar-refractivity contribution >= 4 is 17.6 Å². The molecule has 0 saturated carbocycles. The van der Waals surface area contributed by atoms with Crippen LogP contribution in [0.15, 0.2) is 42.4 Å². The van der Waals surface area contributed by atoms with Crippen LogP contribution < -0.4 is 0 Å². The number of aliphatic hydroxyl groups excluding tert-OH is 1. The van der Waals surface area contributed by atoms with Crippen LogP contribution in [0.5, 0.6) is 0 Å². The number of nitrogens with zero attached hydrogens (tertiary/aromatic N) is 1. The molecule has 0 bridgehead atoms. The van der Waals surface area contributed by atoms with Crippen LogP contribution in [0.2, 0.25) is 0 Å². The Labute approximate surface area is 90.4 Å². The minimum atomic E-state index is -1.52. The molecule has 0 spiro atoms. The number of aliphatic hydroxyl groups is 1. The molecule has 0 aliphatic rings. The van der Waals surface area contributed by atoms with Crippen molar-refractivity contribution in [3.63, 3.8) is 0 Å². The quantitative estimate of drug-likeness (QED) is 0.400. The molecule has 6 nitrogen and oxygen atoms in total. The number of hydrogen-bond donors (Lipinski definition) is 3. The number of carboxylic acids is 2. The first-order chi connectivity index (χ1) is 7.52. The minimum Gasteiger partial charge on any atom is -0.502 e. The summed E-state index contributed by atoms with van der Waals surface area (Å²) in [6.07, 6.45) is 4.80. The second-order valence-corrected chi connectivity index (χ2v) is 2.80. The number of allylic oxidation sites excluding steroid dienone is 2. The summed E-state index contributed by atoms with van der Waals surface area (Å²) in [7, 11) is 0.